The summed E-state index contributed by atoms with van der Waals surface area (Å²) < 4.78 is 0. The Morgan fingerprint density at radius 3 is 2.40 bits per heavy atom. The molecule has 0 aliphatic heterocycles. The van der Waals surface area contributed by atoms with Crippen LogP contribution in [0.2, 0.25) is 0 Å². The zero-order valence-electron chi connectivity index (χ0n) is 12.7. The molecule has 0 unspecified atom stereocenters. The lowest BCUT2D eigenvalue weighted by atomic mass is 10.1. The minimum atomic E-state index is 0.340. The molecule has 0 fully saturated rings. The van der Waals surface area contributed by atoms with Gasteiger partial charge in [0.15, 0.2) is 0 Å². The molecule has 0 bridgehead atoms. The number of hydrogen-bond donors (Lipinski definition) is 3. The maximum absolute atomic E-state index is 7.78. The molecule has 108 valence electrons. The van der Waals surface area contributed by atoms with Crippen LogP contribution in [0.1, 0.15) is 31.4 Å². The fourth-order valence-electron chi connectivity index (χ4n) is 1.94. The molecule has 0 radical (unpaired) electrons. The quantitative estimate of drug-likeness (QED) is 0.567. The number of amidine groups is 1. The van der Waals surface area contributed by atoms with E-state index in [0.29, 0.717) is 18.7 Å². The smallest absolute Gasteiger partial charge is 0.103 e. The van der Waals surface area contributed by atoms with Crippen molar-refractivity contribution in [3.8, 4) is 0 Å². The predicted molar refractivity (Wildman–Crippen MR) is 87.8 cm³/mol. The summed E-state index contributed by atoms with van der Waals surface area (Å²) in [4.78, 5) is 4.34. The number of aliphatic imine (C=N–C) groups is 1. The molecule has 4 N–H and O–H groups in total. The number of anilines is 1. The van der Waals surface area contributed by atoms with Gasteiger partial charge in [-0.3, -0.25) is 0 Å². The van der Waals surface area contributed by atoms with Crippen LogP contribution in [0.5, 0.6) is 0 Å². The van der Waals surface area contributed by atoms with Crippen LogP contribution >= 0.6 is 0 Å². The van der Waals surface area contributed by atoms with Gasteiger partial charge in [0.1, 0.15) is 5.84 Å². The second kappa shape index (κ2) is 7.60. The maximum Gasteiger partial charge on any atom is 0.103 e. The molecule has 0 heterocycles. The molecule has 0 atom stereocenters. The van der Waals surface area contributed by atoms with E-state index in [1.807, 2.05) is 13.8 Å². The summed E-state index contributed by atoms with van der Waals surface area (Å²) in [7, 11) is 0. The number of nitrogens with zero attached hydrogens (tertiary/aromatic N) is 1. The van der Waals surface area contributed by atoms with Gasteiger partial charge < -0.3 is 16.5 Å². The van der Waals surface area contributed by atoms with Gasteiger partial charge in [0.05, 0.1) is 0 Å². The lowest BCUT2D eigenvalue weighted by molar-refractivity contribution is 1.14. The molecular weight excluding hydrogens is 248 g/mol. The molecule has 4 nitrogen and oxygen atoms in total. The summed E-state index contributed by atoms with van der Waals surface area (Å²) in [5.74, 6) is 0.782. The molecule has 0 saturated heterocycles. The van der Waals surface area contributed by atoms with Crippen molar-refractivity contribution < 1.29 is 0 Å². The molecular formula is C16H24N4. The van der Waals surface area contributed by atoms with E-state index in [1.54, 1.807) is 6.20 Å². The number of nitrogens with two attached hydrogens (primary N) is 1. The van der Waals surface area contributed by atoms with Gasteiger partial charge in [-0.15, -0.1) is 0 Å². The van der Waals surface area contributed by atoms with Crippen molar-refractivity contribution in [2.45, 2.75) is 34.1 Å². The zero-order valence-corrected chi connectivity index (χ0v) is 12.7. The molecule has 20 heavy (non-hydrogen) atoms. The van der Waals surface area contributed by atoms with E-state index in [-0.39, 0.29) is 0 Å². The third-order valence-electron chi connectivity index (χ3n) is 2.92. The fourth-order valence-corrected chi connectivity index (χ4v) is 1.94. The van der Waals surface area contributed by atoms with Gasteiger partial charge in [0.25, 0.3) is 0 Å². The highest BCUT2D eigenvalue weighted by atomic mass is 15.0. The van der Waals surface area contributed by atoms with E-state index in [4.69, 9.17) is 11.1 Å². The fraction of sp³-hybridized carbons (Fsp3) is 0.375. The van der Waals surface area contributed by atoms with Crippen LogP contribution < -0.4 is 11.1 Å². The molecule has 0 spiro atoms. The molecule has 1 aromatic rings. The van der Waals surface area contributed by atoms with E-state index < -0.39 is 0 Å². The van der Waals surface area contributed by atoms with Crippen LogP contribution in [0.3, 0.4) is 0 Å². The highest BCUT2D eigenvalue weighted by Gasteiger charge is 2.00. The van der Waals surface area contributed by atoms with Crippen molar-refractivity contribution in [1.29, 1.82) is 5.41 Å². The average Bonchev–Trinajstić information content (AvgIpc) is 2.37. The lowest BCUT2D eigenvalue weighted by Crippen LogP contribution is -2.12. The molecule has 0 aliphatic carbocycles. The lowest BCUT2D eigenvalue weighted by Gasteiger charge is -2.08. The summed E-state index contributed by atoms with van der Waals surface area (Å²) >= 11 is 0. The Bertz CT molecular complexity index is 521. The van der Waals surface area contributed by atoms with Gasteiger partial charge in [0.2, 0.25) is 0 Å². The normalized spacial score (nSPS) is 12.4. The van der Waals surface area contributed by atoms with Crippen LogP contribution in [0, 0.1) is 19.3 Å². The Kier molecular flexibility index (Phi) is 6.12. The average molecular weight is 272 g/mol. The summed E-state index contributed by atoms with van der Waals surface area (Å²) in [6, 6.07) is 6.29. The van der Waals surface area contributed by atoms with E-state index in [1.165, 1.54) is 11.1 Å². The number of nitrogens with one attached hydrogen (secondary N) is 2. The molecule has 0 aromatic heterocycles. The first kappa shape index (κ1) is 16.1. The number of aryl methyl sites for hydroxylation is 2. The van der Waals surface area contributed by atoms with Crippen molar-refractivity contribution in [3.05, 3.63) is 41.1 Å². The van der Waals surface area contributed by atoms with Gasteiger partial charge in [-0.05, 0) is 50.5 Å². The van der Waals surface area contributed by atoms with Crippen LogP contribution in [0.4, 0.5) is 5.69 Å². The van der Waals surface area contributed by atoms with Gasteiger partial charge in [0, 0.05) is 29.7 Å². The first-order chi connectivity index (χ1) is 9.46. The van der Waals surface area contributed by atoms with Crippen LogP contribution in [-0.2, 0) is 0 Å². The van der Waals surface area contributed by atoms with Gasteiger partial charge >= 0.3 is 0 Å². The molecule has 0 saturated carbocycles. The van der Waals surface area contributed by atoms with Crippen molar-refractivity contribution >= 4 is 17.2 Å². The summed E-state index contributed by atoms with van der Waals surface area (Å²) in [6.45, 7) is 8.32. The van der Waals surface area contributed by atoms with Gasteiger partial charge in [-0.2, -0.15) is 0 Å². The van der Waals surface area contributed by atoms with Gasteiger partial charge in [-0.1, -0.05) is 13.0 Å². The van der Waals surface area contributed by atoms with Crippen LogP contribution in [-0.4, -0.2) is 18.1 Å². The standard InChI is InChI=1S/C16H24N4/c1-5-16(18)14(9-17)10-19-13(4)20-15-7-11(2)6-12(3)8-15/h6-8,10,18H,5,9,17H2,1-4H3,(H,19,20)/b14-10-,18-16?. The van der Waals surface area contributed by atoms with E-state index >= 15 is 0 Å². The molecule has 0 amide bonds. The second-order valence-electron chi connectivity index (χ2n) is 4.91. The topological polar surface area (TPSA) is 74.3 Å². The zero-order chi connectivity index (χ0) is 15.1. The maximum atomic E-state index is 7.78. The Morgan fingerprint density at radius 2 is 1.90 bits per heavy atom. The van der Waals surface area contributed by atoms with Crippen LogP contribution in [0.25, 0.3) is 0 Å². The summed E-state index contributed by atoms with van der Waals surface area (Å²) in [5, 5.41) is 11.0. The monoisotopic (exact) mass is 272 g/mol. The van der Waals surface area contributed by atoms with Crippen molar-refractivity contribution in [1.82, 2.24) is 0 Å². The van der Waals surface area contributed by atoms with E-state index in [9.17, 15) is 0 Å². The Hall–Kier alpha value is -1.94. The number of benzene rings is 1. The first-order valence-electron chi connectivity index (χ1n) is 6.82. The molecule has 4 heteroatoms. The van der Waals surface area contributed by atoms with E-state index in [2.05, 4.69) is 42.4 Å². The second-order valence-corrected chi connectivity index (χ2v) is 4.91. The molecule has 1 aromatic carbocycles. The molecule has 0 aliphatic rings. The molecule has 1 rings (SSSR count). The van der Waals surface area contributed by atoms with E-state index in [0.717, 1.165) is 17.1 Å². The van der Waals surface area contributed by atoms with Gasteiger partial charge in [-0.25, -0.2) is 4.99 Å². The Labute approximate surface area is 121 Å². The van der Waals surface area contributed by atoms with Crippen LogP contribution in [0.15, 0.2) is 35.0 Å². The minimum Gasteiger partial charge on any atom is -0.344 e. The first-order valence-corrected chi connectivity index (χ1v) is 6.82. The largest absolute Gasteiger partial charge is 0.344 e. The van der Waals surface area contributed by atoms with Crippen molar-refractivity contribution in [3.63, 3.8) is 0 Å². The predicted octanol–water partition coefficient (Wildman–Crippen LogP) is 3.41. The van der Waals surface area contributed by atoms with Crippen molar-refractivity contribution in [2.24, 2.45) is 10.7 Å². The Morgan fingerprint density at radius 1 is 1.30 bits per heavy atom. The third kappa shape index (κ3) is 4.97. The Balaban J connectivity index is 2.84. The highest BCUT2D eigenvalue weighted by Crippen LogP contribution is 2.13. The third-order valence-corrected chi connectivity index (χ3v) is 2.92. The number of hydrogen-bond acceptors (Lipinski definition) is 3. The minimum absolute atomic E-state index is 0.340. The summed E-state index contributed by atoms with van der Waals surface area (Å²) in [5.41, 5.74) is 10.4. The number of rotatable bonds is 5. The summed E-state index contributed by atoms with van der Waals surface area (Å²) in [6.07, 6.45) is 2.35. The SMILES string of the molecule is CCC(=N)/C(=C\N=C(/C)Nc1cc(C)cc(C)c1)CN. The van der Waals surface area contributed by atoms with Crippen molar-refractivity contribution in [2.75, 3.05) is 11.9 Å². The highest BCUT2D eigenvalue weighted by molar-refractivity contribution is 5.99.